The molecule has 0 spiro atoms. The third-order valence-corrected chi connectivity index (χ3v) is 2.28. The summed E-state index contributed by atoms with van der Waals surface area (Å²) in [6.45, 7) is 0.391. The highest BCUT2D eigenvalue weighted by molar-refractivity contribution is 6.35. The number of halogens is 2. The highest BCUT2D eigenvalue weighted by Crippen LogP contribution is 2.25. The molecular formula is C9H12Cl2N2O. The molecule has 3 nitrogen and oxygen atoms in total. The van der Waals surface area contributed by atoms with Crippen LogP contribution in [0.4, 0.5) is 5.69 Å². The maximum atomic E-state index is 8.71. The first kappa shape index (κ1) is 11.6. The van der Waals surface area contributed by atoms with Crippen molar-refractivity contribution in [2.75, 3.05) is 18.5 Å². The Labute approximate surface area is 92.8 Å². The molecule has 14 heavy (non-hydrogen) atoms. The summed E-state index contributed by atoms with van der Waals surface area (Å²) in [6, 6.07) is 4.83. The number of aliphatic hydroxyl groups excluding tert-OH is 1. The summed E-state index contributed by atoms with van der Waals surface area (Å²) in [5.41, 5.74) is 6.25. The van der Waals surface area contributed by atoms with Gasteiger partial charge in [0.15, 0.2) is 0 Å². The number of anilines is 1. The van der Waals surface area contributed by atoms with E-state index in [1.807, 2.05) is 0 Å². The van der Waals surface area contributed by atoms with E-state index in [1.54, 1.807) is 18.2 Å². The third kappa shape index (κ3) is 3.35. The lowest BCUT2D eigenvalue weighted by atomic mass is 10.3. The third-order valence-electron chi connectivity index (χ3n) is 1.72. The molecule has 0 aromatic heterocycles. The molecule has 0 fully saturated rings. The molecule has 0 bridgehead atoms. The van der Waals surface area contributed by atoms with Gasteiger partial charge in [-0.2, -0.15) is 0 Å². The quantitative estimate of drug-likeness (QED) is 0.744. The predicted molar refractivity (Wildman–Crippen MR) is 60.0 cm³/mol. The summed E-state index contributed by atoms with van der Waals surface area (Å²) >= 11 is 11.7. The van der Waals surface area contributed by atoms with E-state index in [1.165, 1.54) is 0 Å². The SMILES string of the molecule is NC(CO)CNc1cc(Cl)ccc1Cl. The van der Waals surface area contributed by atoms with Crippen LogP contribution < -0.4 is 11.1 Å². The van der Waals surface area contributed by atoms with Crippen LogP contribution in [0, 0.1) is 0 Å². The lowest BCUT2D eigenvalue weighted by molar-refractivity contribution is 0.270. The second-order valence-electron chi connectivity index (χ2n) is 2.95. The molecule has 1 atom stereocenters. The Morgan fingerprint density at radius 3 is 2.79 bits per heavy atom. The maximum Gasteiger partial charge on any atom is 0.0638 e. The van der Waals surface area contributed by atoms with Gasteiger partial charge in [0.1, 0.15) is 0 Å². The van der Waals surface area contributed by atoms with E-state index in [0.29, 0.717) is 16.6 Å². The van der Waals surface area contributed by atoms with Crippen molar-refractivity contribution in [3.05, 3.63) is 28.2 Å². The van der Waals surface area contributed by atoms with Crippen molar-refractivity contribution >= 4 is 28.9 Å². The first-order chi connectivity index (χ1) is 6.63. The van der Waals surface area contributed by atoms with Gasteiger partial charge in [-0.05, 0) is 18.2 Å². The lowest BCUT2D eigenvalue weighted by Crippen LogP contribution is -2.32. The van der Waals surface area contributed by atoms with Gasteiger partial charge in [0.25, 0.3) is 0 Å². The minimum Gasteiger partial charge on any atom is -0.395 e. The smallest absolute Gasteiger partial charge is 0.0638 e. The number of rotatable bonds is 4. The van der Waals surface area contributed by atoms with Gasteiger partial charge in [0.05, 0.1) is 17.3 Å². The molecule has 0 amide bonds. The Morgan fingerprint density at radius 2 is 2.14 bits per heavy atom. The summed E-state index contributed by atoms with van der Waals surface area (Å²) in [5.74, 6) is 0. The molecule has 0 aliphatic rings. The first-order valence-corrected chi connectivity index (χ1v) is 4.94. The monoisotopic (exact) mass is 234 g/mol. The Balaban J connectivity index is 2.62. The fourth-order valence-electron chi connectivity index (χ4n) is 0.939. The molecule has 78 valence electrons. The molecule has 1 unspecified atom stereocenters. The highest BCUT2D eigenvalue weighted by atomic mass is 35.5. The minimum atomic E-state index is -0.301. The Bertz CT molecular complexity index is 307. The van der Waals surface area contributed by atoms with Gasteiger partial charge >= 0.3 is 0 Å². The van der Waals surface area contributed by atoms with Crippen molar-refractivity contribution in [1.82, 2.24) is 0 Å². The minimum absolute atomic E-state index is 0.0643. The van der Waals surface area contributed by atoms with Crippen LogP contribution in [-0.2, 0) is 0 Å². The van der Waals surface area contributed by atoms with Gasteiger partial charge in [-0.25, -0.2) is 0 Å². The van der Waals surface area contributed by atoms with Crippen LogP contribution in [-0.4, -0.2) is 24.3 Å². The van der Waals surface area contributed by atoms with Crippen LogP contribution in [0.25, 0.3) is 0 Å². The Morgan fingerprint density at radius 1 is 1.43 bits per heavy atom. The van der Waals surface area contributed by atoms with Crippen LogP contribution in [0.1, 0.15) is 0 Å². The zero-order valence-corrected chi connectivity index (χ0v) is 9.02. The van der Waals surface area contributed by atoms with Gasteiger partial charge in [-0.15, -0.1) is 0 Å². The van der Waals surface area contributed by atoms with Crippen LogP contribution in [0.5, 0.6) is 0 Å². The highest BCUT2D eigenvalue weighted by Gasteiger charge is 2.03. The normalized spacial score (nSPS) is 12.6. The number of benzene rings is 1. The first-order valence-electron chi connectivity index (χ1n) is 4.19. The lowest BCUT2D eigenvalue weighted by Gasteiger charge is -2.12. The standard InChI is InChI=1S/C9H12Cl2N2O/c10-6-1-2-8(11)9(3-6)13-4-7(12)5-14/h1-3,7,13-14H,4-5,12H2. The Kier molecular flexibility index (Phi) is 4.48. The predicted octanol–water partition coefficient (Wildman–Crippen LogP) is 1.72. The van der Waals surface area contributed by atoms with Crippen molar-refractivity contribution in [3.63, 3.8) is 0 Å². The molecule has 5 heteroatoms. The largest absolute Gasteiger partial charge is 0.395 e. The van der Waals surface area contributed by atoms with Crippen molar-refractivity contribution in [3.8, 4) is 0 Å². The van der Waals surface area contributed by atoms with E-state index in [4.69, 9.17) is 34.0 Å². The summed E-state index contributed by atoms with van der Waals surface area (Å²) in [5, 5.41) is 12.9. The second kappa shape index (κ2) is 5.41. The number of nitrogens with one attached hydrogen (secondary N) is 1. The summed E-state index contributed by atoms with van der Waals surface area (Å²) in [7, 11) is 0. The van der Waals surface area contributed by atoms with Gasteiger partial charge < -0.3 is 16.2 Å². The molecular weight excluding hydrogens is 223 g/mol. The van der Waals surface area contributed by atoms with E-state index in [9.17, 15) is 0 Å². The fraction of sp³-hybridized carbons (Fsp3) is 0.333. The number of aliphatic hydroxyl groups is 1. The average molecular weight is 235 g/mol. The molecule has 0 heterocycles. The number of nitrogens with two attached hydrogens (primary N) is 1. The fourth-order valence-corrected chi connectivity index (χ4v) is 1.30. The molecule has 0 radical (unpaired) electrons. The zero-order valence-electron chi connectivity index (χ0n) is 7.50. The molecule has 0 saturated heterocycles. The van der Waals surface area contributed by atoms with E-state index in [0.717, 1.165) is 5.69 Å². The van der Waals surface area contributed by atoms with E-state index >= 15 is 0 Å². The molecule has 1 aromatic rings. The second-order valence-corrected chi connectivity index (χ2v) is 3.79. The van der Waals surface area contributed by atoms with Crippen molar-refractivity contribution < 1.29 is 5.11 Å². The molecule has 4 N–H and O–H groups in total. The molecule has 0 aliphatic carbocycles. The van der Waals surface area contributed by atoms with E-state index < -0.39 is 0 Å². The van der Waals surface area contributed by atoms with Crippen LogP contribution >= 0.6 is 23.2 Å². The van der Waals surface area contributed by atoms with Crippen LogP contribution in [0.2, 0.25) is 10.0 Å². The van der Waals surface area contributed by atoms with Crippen LogP contribution in [0.3, 0.4) is 0 Å². The van der Waals surface area contributed by atoms with E-state index in [-0.39, 0.29) is 12.6 Å². The average Bonchev–Trinajstić information content (AvgIpc) is 2.19. The maximum absolute atomic E-state index is 8.71. The van der Waals surface area contributed by atoms with Gasteiger partial charge in [0.2, 0.25) is 0 Å². The Hall–Kier alpha value is -0.480. The van der Waals surface area contributed by atoms with Crippen molar-refractivity contribution in [2.45, 2.75) is 6.04 Å². The topological polar surface area (TPSA) is 58.3 Å². The molecule has 0 saturated carbocycles. The van der Waals surface area contributed by atoms with Gasteiger partial charge in [-0.1, -0.05) is 23.2 Å². The summed E-state index contributed by atoms with van der Waals surface area (Å²) in [6.07, 6.45) is 0. The molecule has 0 aliphatic heterocycles. The number of hydrogen-bond acceptors (Lipinski definition) is 3. The molecule has 1 aromatic carbocycles. The summed E-state index contributed by atoms with van der Waals surface area (Å²) in [4.78, 5) is 0. The van der Waals surface area contributed by atoms with E-state index in [2.05, 4.69) is 5.32 Å². The van der Waals surface area contributed by atoms with Crippen LogP contribution in [0.15, 0.2) is 18.2 Å². The number of hydrogen-bond donors (Lipinski definition) is 3. The van der Waals surface area contributed by atoms with Crippen molar-refractivity contribution in [1.29, 1.82) is 0 Å². The van der Waals surface area contributed by atoms with Crippen molar-refractivity contribution in [2.24, 2.45) is 5.73 Å². The zero-order chi connectivity index (χ0) is 10.6. The molecule has 1 rings (SSSR count). The van der Waals surface area contributed by atoms with Gasteiger partial charge in [0, 0.05) is 17.6 Å². The van der Waals surface area contributed by atoms with Gasteiger partial charge in [-0.3, -0.25) is 0 Å². The summed E-state index contributed by atoms with van der Waals surface area (Å²) < 4.78 is 0.